The fourth-order valence-electron chi connectivity index (χ4n) is 1.89. The standard InChI is InChI=1S/C13H12F2N6S/c1-21(2)12-10-11(19-20-18-10)16-13(17-12)22-6-7-4-3-5-8(14)9(7)15/h3-5H,6H2,1-2H3,(H,16,17,18,19,20). The van der Waals surface area contributed by atoms with Gasteiger partial charge in [-0.3, -0.25) is 0 Å². The SMILES string of the molecule is CN(C)c1nc(SCc2cccc(F)c2F)nc2n[nH]nc12. The van der Waals surface area contributed by atoms with E-state index >= 15 is 0 Å². The fraction of sp³-hybridized carbons (Fsp3) is 0.231. The molecule has 0 aliphatic heterocycles. The van der Waals surface area contributed by atoms with Crippen LogP contribution in [0.3, 0.4) is 0 Å². The second kappa shape index (κ2) is 5.84. The molecule has 2 aromatic heterocycles. The molecule has 0 fully saturated rings. The topological polar surface area (TPSA) is 70.6 Å². The zero-order chi connectivity index (χ0) is 15.7. The lowest BCUT2D eigenvalue weighted by molar-refractivity contribution is 0.502. The molecule has 0 saturated heterocycles. The summed E-state index contributed by atoms with van der Waals surface area (Å²) in [6.45, 7) is 0. The van der Waals surface area contributed by atoms with Gasteiger partial charge in [-0.05, 0) is 6.07 Å². The maximum atomic E-state index is 13.7. The third kappa shape index (κ3) is 2.71. The van der Waals surface area contributed by atoms with E-state index in [1.165, 1.54) is 23.9 Å². The largest absolute Gasteiger partial charge is 0.361 e. The Kier molecular flexibility index (Phi) is 3.88. The van der Waals surface area contributed by atoms with Crippen LogP contribution in [0.15, 0.2) is 23.4 Å². The van der Waals surface area contributed by atoms with E-state index in [0.29, 0.717) is 22.1 Å². The molecule has 0 spiro atoms. The van der Waals surface area contributed by atoms with Crippen molar-refractivity contribution in [3.8, 4) is 0 Å². The Hall–Kier alpha value is -2.29. The number of aromatic nitrogens is 5. The molecule has 0 unspecified atom stereocenters. The monoisotopic (exact) mass is 322 g/mol. The Balaban J connectivity index is 1.89. The number of nitrogens with zero attached hydrogens (tertiary/aromatic N) is 5. The van der Waals surface area contributed by atoms with Crippen molar-refractivity contribution in [3.05, 3.63) is 35.4 Å². The van der Waals surface area contributed by atoms with Crippen molar-refractivity contribution in [1.82, 2.24) is 25.4 Å². The highest BCUT2D eigenvalue weighted by atomic mass is 32.2. The molecule has 2 heterocycles. The van der Waals surface area contributed by atoms with Crippen molar-refractivity contribution in [2.45, 2.75) is 10.9 Å². The van der Waals surface area contributed by atoms with Crippen LogP contribution in [0, 0.1) is 11.6 Å². The van der Waals surface area contributed by atoms with Gasteiger partial charge in [-0.25, -0.2) is 13.8 Å². The molecule has 0 aliphatic rings. The van der Waals surface area contributed by atoms with E-state index in [1.54, 1.807) is 4.90 Å². The zero-order valence-electron chi connectivity index (χ0n) is 11.8. The molecule has 6 nitrogen and oxygen atoms in total. The quantitative estimate of drug-likeness (QED) is 0.587. The average molecular weight is 322 g/mol. The van der Waals surface area contributed by atoms with E-state index in [1.807, 2.05) is 14.1 Å². The molecule has 3 rings (SSSR count). The van der Waals surface area contributed by atoms with Gasteiger partial charge < -0.3 is 4.90 Å². The first-order valence-electron chi connectivity index (χ1n) is 6.38. The molecule has 0 bridgehead atoms. The van der Waals surface area contributed by atoms with Crippen LogP contribution in [0.5, 0.6) is 0 Å². The van der Waals surface area contributed by atoms with Crippen LogP contribution in [0.4, 0.5) is 14.6 Å². The number of thioether (sulfide) groups is 1. The van der Waals surface area contributed by atoms with Gasteiger partial charge in [-0.1, -0.05) is 23.9 Å². The molecule has 22 heavy (non-hydrogen) atoms. The Labute approximate surface area is 129 Å². The van der Waals surface area contributed by atoms with Crippen molar-refractivity contribution in [2.75, 3.05) is 19.0 Å². The summed E-state index contributed by atoms with van der Waals surface area (Å²) in [4.78, 5) is 10.4. The first kappa shape index (κ1) is 14.6. The molecule has 114 valence electrons. The molecular formula is C13H12F2N6S. The number of halogens is 2. The normalized spacial score (nSPS) is 11.1. The van der Waals surface area contributed by atoms with Crippen LogP contribution in [0.2, 0.25) is 0 Å². The van der Waals surface area contributed by atoms with Crippen LogP contribution in [0.25, 0.3) is 11.2 Å². The number of H-pyrrole nitrogens is 1. The van der Waals surface area contributed by atoms with Gasteiger partial charge in [0.05, 0.1) is 0 Å². The summed E-state index contributed by atoms with van der Waals surface area (Å²) in [6.07, 6.45) is 0. The summed E-state index contributed by atoms with van der Waals surface area (Å²) in [5, 5.41) is 10.9. The van der Waals surface area contributed by atoms with Crippen molar-refractivity contribution in [2.24, 2.45) is 0 Å². The van der Waals surface area contributed by atoms with Crippen molar-refractivity contribution < 1.29 is 8.78 Å². The van der Waals surface area contributed by atoms with Gasteiger partial charge in [0.2, 0.25) is 5.65 Å². The van der Waals surface area contributed by atoms with E-state index in [-0.39, 0.29) is 11.3 Å². The number of hydrogen-bond donors (Lipinski definition) is 1. The number of benzene rings is 1. The molecule has 3 aromatic rings. The Bertz CT molecular complexity index is 819. The first-order chi connectivity index (χ1) is 10.6. The van der Waals surface area contributed by atoms with Crippen molar-refractivity contribution in [1.29, 1.82) is 0 Å². The van der Waals surface area contributed by atoms with Gasteiger partial charge in [-0.15, -0.1) is 5.10 Å². The third-order valence-corrected chi connectivity index (χ3v) is 3.85. The molecule has 0 aliphatic carbocycles. The van der Waals surface area contributed by atoms with E-state index in [0.717, 1.165) is 6.07 Å². The van der Waals surface area contributed by atoms with Gasteiger partial charge in [-0.2, -0.15) is 15.3 Å². The summed E-state index contributed by atoms with van der Waals surface area (Å²) >= 11 is 1.21. The summed E-state index contributed by atoms with van der Waals surface area (Å²) in [5.74, 6) is -0.869. The van der Waals surface area contributed by atoms with Crippen LogP contribution in [0.1, 0.15) is 5.56 Å². The van der Waals surface area contributed by atoms with Crippen LogP contribution in [-0.4, -0.2) is 39.5 Å². The minimum atomic E-state index is -0.861. The minimum absolute atomic E-state index is 0.222. The van der Waals surface area contributed by atoms with Gasteiger partial charge in [0, 0.05) is 25.4 Å². The number of fused-ring (bicyclic) bond motifs is 1. The molecule has 1 N–H and O–H groups in total. The number of nitrogens with one attached hydrogen (secondary N) is 1. The molecule has 0 radical (unpaired) electrons. The summed E-state index contributed by atoms with van der Waals surface area (Å²) in [5.41, 5.74) is 1.26. The van der Waals surface area contributed by atoms with E-state index in [2.05, 4.69) is 25.4 Å². The van der Waals surface area contributed by atoms with Gasteiger partial charge in [0.1, 0.15) is 0 Å². The number of hydrogen-bond acceptors (Lipinski definition) is 6. The maximum absolute atomic E-state index is 13.7. The van der Waals surface area contributed by atoms with Gasteiger partial charge in [0.15, 0.2) is 28.1 Å². The number of anilines is 1. The Morgan fingerprint density at radius 2 is 2.00 bits per heavy atom. The van der Waals surface area contributed by atoms with Crippen LogP contribution in [-0.2, 0) is 5.75 Å². The van der Waals surface area contributed by atoms with Crippen LogP contribution >= 0.6 is 11.8 Å². The predicted molar refractivity (Wildman–Crippen MR) is 79.7 cm³/mol. The minimum Gasteiger partial charge on any atom is -0.361 e. The molecule has 1 aromatic carbocycles. The highest BCUT2D eigenvalue weighted by molar-refractivity contribution is 7.98. The van der Waals surface area contributed by atoms with Crippen molar-refractivity contribution in [3.63, 3.8) is 0 Å². The lowest BCUT2D eigenvalue weighted by Gasteiger charge is -2.12. The maximum Gasteiger partial charge on any atom is 0.207 e. The second-order valence-corrected chi connectivity index (χ2v) is 5.66. The zero-order valence-corrected chi connectivity index (χ0v) is 12.7. The Morgan fingerprint density at radius 1 is 1.18 bits per heavy atom. The smallest absolute Gasteiger partial charge is 0.207 e. The lowest BCUT2D eigenvalue weighted by Crippen LogP contribution is -2.12. The average Bonchev–Trinajstić information content (AvgIpc) is 2.96. The van der Waals surface area contributed by atoms with Crippen LogP contribution < -0.4 is 4.90 Å². The summed E-state index contributed by atoms with van der Waals surface area (Å²) in [7, 11) is 3.66. The van der Waals surface area contributed by atoms with E-state index in [4.69, 9.17) is 0 Å². The molecule has 9 heteroatoms. The highest BCUT2D eigenvalue weighted by Crippen LogP contribution is 2.26. The highest BCUT2D eigenvalue weighted by Gasteiger charge is 2.14. The van der Waals surface area contributed by atoms with E-state index in [9.17, 15) is 8.78 Å². The predicted octanol–water partition coefficient (Wildman–Crippen LogP) is 2.38. The van der Waals surface area contributed by atoms with Gasteiger partial charge in [0.25, 0.3) is 0 Å². The third-order valence-electron chi connectivity index (χ3n) is 2.96. The second-order valence-electron chi connectivity index (χ2n) is 4.72. The van der Waals surface area contributed by atoms with E-state index < -0.39 is 11.6 Å². The molecule has 0 saturated carbocycles. The molecular weight excluding hydrogens is 310 g/mol. The number of aromatic amines is 1. The van der Waals surface area contributed by atoms with Gasteiger partial charge >= 0.3 is 0 Å². The molecule has 0 amide bonds. The fourth-order valence-corrected chi connectivity index (χ4v) is 2.70. The summed E-state index contributed by atoms with van der Waals surface area (Å²) < 4.78 is 26.8. The first-order valence-corrected chi connectivity index (χ1v) is 7.36. The van der Waals surface area contributed by atoms with Crippen molar-refractivity contribution >= 4 is 28.7 Å². The lowest BCUT2D eigenvalue weighted by atomic mass is 10.2. The summed E-state index contributed by atoms with van der Waals surface area (Å²) in [6, 6.07) is 4.10. The number of rotatable bonds is 4. The molecule has 0 atom stereocenters. The Morgan fingerprint density at radius 3 is 2.77 bits per heavy atom.